The summed E-state index contributed by atoms with van der Waals surface area (Å²) in [5, 5.41) is 5.49. The van der Waals surface area contributed by atoms with Crippen molar-refractivity contribution in [1.29, 1.82) is 0 Å². The molecule has 0 fully saturated rings. The van der Waals surface area contributed by atoms with Gasteiger partial charge in [-0.3, -0.25) is 14.4 Å². The lowest BCUT2D eigenvalue weighted by molar-refractivity contribution is -0.130. The van der Waals surface area contributed by atoms with Crippen LogP contribution in [0.5, 0.6) is 0 Å². The molecule has 0 aliphatic rings. The largest absolute Gasteiger partial charge is 0.343 e. The van der Waals surface area contributed by atoms with Gasteiger partial charge in [-0.25, -0.2) is 0 Å². The Morgan fingerprint density at radius 1 is 1.00 bits per heavy atom. The molecule has 29 heavy (non-hydrogen) atoms. The molecular formula is C23H29N3O3. The smallest absolute Gasteiger partial charge is 0.251 e. The predicted molar refractivity (Wildman–Crippen MR) is 115 cm³/mol. The van der Waals surface area contributed by atoms with Crippen LogP contribution in [0.15, 0.2) is 48.5 Å². The number of likely N-dealkylation sites (N-methyl/N-ethyl adjacent to an activating group) is 1. The van der Waals surface area contributed by atoms with Crippen LogP contribution >= 0.6 is 0 Å². The summed E-state index contributed by atoms with van der Waals surface area (Å²) in [6, 6.07) is 13.7. The molecule has 0 heterocycles. The first kappa shape index (κ1) is 22.1. The number of hydrogen-bond acceptors (Lipinski definition) is 3. The number of carbonyl (C=O) groups is 3. The molecule has 6 nitrogen and oxygen atoms in total. The lowest BCUT2D eigenvalue weighted by Gasteiger charge is -2.18. The third-order valence-electron chi connectivity index (χ3n) is 4.71. The van der Waals surface area contributed by atoms with Crippen LogP contribution in [0, 0.1) is 6.92 Å². The minimum atomic E-state index is -0.688. The number of aryl methyl sites for hydroxylation is 1. The van der Waals surface area contributed by atoms with Gasteiger partial charge in [-0.2, -0.15) is 0 Å². The fraction of sp³-hybridized carbons (Fsp3) is 0.348. The number of nitrogens with one attached hydrogen (secondary N) is 2. The molecule has 2 N–H and O–H groups in total. The van der Waals surface area contributed by atoms with E-state index in [0.717, 1.165) is 11.1 Å². The maximum atomic E-state index is 12.4. The van der Waals surface area contributed by atoms with Crippen molar-refractivity contribution in [3.05, 3.63) is 65.2 Å². The number of anilines is 1. The van der Waals surface area contributed by atoms with E-state index in [1.807, 2.05) is 45.0 Å². The topological polar surface area (TPSA) is 78.5 Å². The zero-order valence-corrected chi connectivity index (χ0v) is 17.5. The van der Waals surface area contributed by atoms with E-state index < -0.39 is 6.04 Å². The highest BCUT2D eigenvalue weighted by atomic mass is 16.2. The Hall–Kier alpha value is -3.15. The lowest BCUT2D eigenvalue weighted by atomic mass is 10.1. The van der Waals surface area contributed by atoms with Gasteiger partial charge in [0.15, 0.2) is 0 Å². The summed E-state index contributed by atoms with van der Waals surface area (Å²) in [4.78, 5) is 38.6. The van der Waals surface area contributed by atoms with Gasteiger partial charge in [0, 0.05) is 24.3 Å². The van der Waals surface area contributed by atoms with E-state index >= 15 is 0 Å². The predicted octanol–water partition coefficient (Wildman–Crippen LogP) is 3.16. The minimum absolute atomic E-state index is 0.0827. The molecule has 0 spiro atoms. The van der Waals surface area contributed by atoms with Gasteiger partial charge in [-0.15, -0.1) is 0 Å². The second-order valence-electron chi connectivity index (χ2n) is 6.99. The molecule has 0 bridgehead atoms. The van der Waals surface area contributed by atoms with Crippen LogP contribution in [0.2, 0.25) is 0 Å². The van der Waals surface area contributed by atoms with Crippen LogP contribution in [0.1, 0.15) is 42.3 Å². The first-order chi connectivity index (χ1) is 13.8. The Bertz CT molecular complexity index is 858. The molecule has 2 rings (SSSR count). The average Bonchev–Trinajstić information content (AvgIpc) is 2.70. The summed E-state index contributed by atoms with van der Waals surface area (Å²) < 4.78 is 0. The van der Waals surface area contributed by atoms with Gasteiger partial charge in [0.05, 0.1) is 6.42 Å². The number of carbonyl (C=O) groups excluding carboxylic acids is 3. The SMILES string of the molecule is CCN(CC)C(=O)Cc1ccc(NC(=O)C(C)NC(=O)c2cccc(C)c2)cc1. The average molecular weight is 396 g/mol. The van der Waals surface area contributed by atoms with Crippen LogP contribution in [0.25, 0.3) is 0 Å². The van der Waals surface area contributed by atoms with E-state index in [1.165, 1.54) is 0 Å². The molecule has 3 amide bonds. The molecule has 1 unspecified atom stereocenters. The van der Waals surface area contributed by atoms with Crippen LogP contribution < -0.4 is 10.6 Å². The van der Waals surface area contributed by atoms with Crippen molar-refractivity contribution in [2.45, 2.75) is 40.2 Å². The molecule has 0 aromatic heterocycles. The van der Waals surface area contributed by atoms with Crippen molar-refractivity contribution in [3.8, 4) is 0 Å². The normalized spacial score (nSPS) is 11.4. The van der Waals surface area contributed by atoms with E-state index in [4.69, 9.17) is 0 Å². The van der Waals surface area contributed by atoms with Crippen LogP contribution in [0.4, 0.5) is 5.69 Å². The summed E-state index contributed by atoms with van der Waals surface area (Å²) in [5.41, 5.74) is 3.01. The van der Waals surface area contributed by atoms with Gasteiger partial charge in [0.2, 0.25) is 11.8 Å². The molecular weight excluding hydrogens is 366 g/mol. The van der Waals surface area contributed by atoms with Crippen molar-refractivity contribution >= 4 is 23.4 Å². The highest BCUT2D eigenvalue weighted by Gasteiger charge is 2.17. The molecule has 6 heteroatoms. The van der Waals surface area contributed by atoms with E-state index in [-0.39, 0.29) is 17.7 Å². The Kier molecular flexibility index (Phi) is 7.95. The molecule has 0 radical (unpaired) electrons. The third kappa shape index (κ3) is 6.45. The van der Waals surface area contributed by atoms with Gasteiger partial charge < -0.3 is 15.5 Å². The van der Waals surface area contributed by atoms with Gasteiger partial charge >= 0.3 is 0 Å². The Morgan fingerprint density at radius 3 is 2.24 bits per heavy atom. The van der Waals surface area contributed by atoms with Crippen molar-refractivity contribution in [2.24, 2.45) is 0 Å². The Balaban J connectivity index is 1.91. The maximum absolute atomic E-state index is 12.4. The number of hydrogen-bond donors (Lipinski definition) is 2. The summed E-state index contributed by atoms with van der Waals surface area (Å²) in [6.07, 6.45) is 0.332. The summed E-state index contributed by atoms with van der Waals surface area (Å²) in [6.45, 7) is 8.84. The fourth-order valence-corrected chi connectivity index (χ4v) is 2.95. The first-order valence-corrected chi connectivity index (χ1v) is 9.89. The number of rotatable bonds is 8. The number of amides is 3. The highest BCUT2D eigenvalue weighted by molar-refractivity contribution is 6.01. The lowest BCUT2D eigenvalue weighted by Crippen LogP contribution is -2.41. The van der Waals surface area contributed by atoms with Gasteiger partial charge in [0.1, 0.15) is 6.04 Å². The van der Waals surface area contributed by atoms with Gasteiger partial charge in [-0.05, 0) is 57.5 Å². The van der Waals surface area contributed by atoms with Crippen LogP contribution in [0.3, 0.4) is 0 Å². The quantitative estimate of drug-likeness (QED) is 0.721. The third-order valence-corrected chi connectivity index (χ3v) is 4.71. The van der Waals surface area contributed by atoms with Crippen LogP contribution in [-0.2, 0) is 16.0 Å². The first-order valence-electron chi connectivity index (χ1n) is 9.89. The highest BCUT2D eigenvalue weighted by Crippen LogP contribution is 2.12. The fourth-order valence-electron chi connectivity index (χ4n) is 2.95. The Labute approximate surface area is 172 Å². The second-order valence-corrected chi connectivity index (χ2v) is 6.99. The van der Waals surface area contributed by atoms with Crippen molar-refractivity contribution in [3.63, 3.8) is 0 Å². The van der Waals surface area contributed by atoms with Crippen molar-refractivity contribution in [1.82, 2.24) is 10.2 Å². The minimum Gasteiger partial charge on any atom is -0.343 e. The number of nitrogens with zero attached hydrogens (tertiary/aromatic N) is 1. The second kappa shape index (κ2) is 10.4. The molecule has 154 valence electrons. The zero-order chi connectivity index (χ0) is 21.4. The van der Waals surface area contributed by atoms with Gasteiger partial charge in [-0.1, -0.05) is 29.8 Å². The molecule has 0 aliphatic heterocycles. The van der Waals surface area contributed by atoms with E-state index in [1.54, 1.807) is 36.1 Å². The summed E-state index contributed by atoms with van der Waals surface area (Å²) in [7, 11) is 0. The number of benzene rings is 2. The standard InChI is InChI=1S/C23H29N3O3/c1-5-26(6-2)21(27)15-18-10-12-20(13-11-18)25-22(28)17(4)24-23(29)19-9-7-8-16(3)14-19/h7-14,17H,5-6,15H2,1-4H3,(H,24,29)(H,25,28). The molecule has 0 saturated carbocycles. The van der Waals surface area contributed by atoms with Crippen molar-refractivity contribution < 1.29 is 14.4 Å². The zero-order valence-electron chi connectivity index (χ0n) is 17.5. The molecule has 0 saturated heterocycles. The van der Waals surface area contributed by atoms with E-state index in [2.05, 4.69) is 10.6 Å². The molecule has 0 aliphatic carbocycles. The summed E-state index contributed by atoms with van der Waals surface area (Å²) in [5.74, 6) is -0.515. The molecule has 1 atom stereocenters. The van der Waals surface area contributed by atoms with E-state index in [9.17, 15) is 14.4 Å². The van der Waals surface area contributed by atoms with Crippen molar-refractivity contribution in [2.75, 3.05) is 18.4 Å². The molecule has 2 aromatic carbocycles. The maximum Gasteiger partial charge on any atom is 0.251 e. The monoisotopic (exact) mass is 395 g/mol. The van der Waals surface area contributed by atoms with Gasteiger partial charge in [0.25, 0.3) is 5.91 Å². The Morgan fingerprint density at radius 2 is 1.66 bits per heavy atom. The summed E-state index contributed by atoms with van der Waals surface area (Å²) >= 11 is 0. The van der Waals surface area contributed by atoms with Crippen LogP contribution in [-0.4, -0.2) is 41.8 Å². The molecule has 2 aromatic rings. The van der Waals surface area contributed by atoms with E-state index in [0.29, 0.717) is 30.8 Å².